The van der Waals surface area contributed by atoms with Crippen LogP contribution in [0.1, 0.15) is 48.6 Å². The molecule has 1 unspecified atom stereocenters. The van der Waals surface area contributed by atoms with Crippen LogP contribution in [0.15, 0.2) is 18.2 Å². The van der Waals surface area contributed by atoms with Gasteiger partial charge in [0.2, 0.25) is 11.9 Å². The molecule has 4 rings (SSSR count). The Morgan fingerprint density at radius 3 is 2.14 bits per heavy atom. The first-order valence-corrected chi connectivity index (χ1v) is 10.5. The number of amides is 1. The third kappa shape index (κ3) is 4.18. The number of pyridine rings is 1. The van der Waals surface area contributed by atoms with Crippen LogP contribution in [-0.2, 0) is 4.79 Å². The predicted molar refractivity (Wildman–Crippen MR) is 114 cm³/mol. The Kier molecular flexibility index (Phi) is 5.39. The van der Waals surface area contributed by atoms with E-state index in [0.29, 0.717) is 0 Å². The summed E-state index contributed by atoms with van der Waals surface area (Å²) in [5.41, 5.74) is 5.25. The van der Waals surface area contributed by atoms with E-state index >= 15 is 0 Å². The van der Waals surface area contributed by atoms with Crippen LogP contribution in [0.5, 0.6) is 0 Å². The van der Waals surface area contributed by atoms with Crippen molar-refractivity contribution in [1.82, 2.24) is 19.9 Å². The van der Waals surface area contributed by atoms with Crippen LogP contribution < -0.4 is 9.80 Å². The van der Waals surface area contributed by atoms with Crippen LogP contribution in [0.25, 0.3) is 0 Å². The van der Waals surface area contributed by atoms with E-state index in [2.05, 4.69) is 31.9 Å². The number of aromatic nitrogens is 3. The molecule has 0 saturated carbocycles. The lowest BCUT2D eigenvalue weighted by molar-refractivity contribution is -0.129. The van der Waals surface area contributed by atoms with E-state index in [-0.39, 0.29) is 11.9 Å². The molecule has 2 aromatic heterocycles. The maximum Gasteiger partial charge on any atom is 0.225 e. The van der Waals surface area contributed by atoms with Gasteiger partial charge in [0.05, 0.1) is 11.7 Å². The fourth-order valence-electron chi connectivity index (χ4n) is 4.49. The van der Waals surface area contributed by atoms with Crippen LogP contribution in [0, 0.1) is 20.8 Å². The number of nitrogens with zero attached hydrogens (tertiary/aromatic N) is 6. The molecular formula is C22H30N6O. The molecule has 2 fully saturated rings. The predicted octanol–water partition coefficient (Wildman–Crippen LogP) is 2.81. The summed E-state index contributed by atoms with van der Waals surface area (Å²) < 4.78 is 0. The van der Waals surface area contributed by atoms with Gasteiger partial charge in [-0.05, 0) is 51.8 Å². The molecule has 4 heterocycles. The van der Waals surface area contributed by atoms with Gasteiger partial charge in [-0.15, -0.1) is 0 Å². The molecule has 1 atom stereocenters. The van der Waals surface area contributed by atoms with E-state index in [1.807, 2.05) is 31.7 Å². The third-order valence-corrected chi connectivity index (χ3v) is 5.85. The average Bonchev–Trinajstić information content (AvgIpc) is 3.17. The van der Waals surface area contributed by atoms with Crippen molar-refractivity contribution in [2.75, 3.05) is 42.5 Å². The second kappa shape index (κ2) is 7.97. The minimum absolute atomic E-state index is 0.108. The average molecular weight is 395 g/mol. The Bertz CT molecular complexity index is 886. The van der Waals surface area contributed by atoms with Gasteiger partial charge < -0.3 is 14.7 Å². The van der Waals surface area contributed by atoms with Crippen molar-refractivity contribution in [2.45, 2.75) is 46.6 Å². The molecule has 7 heteroatoms. The summed E-state index contributed by atoms with van der Waals surface area (Å²) in [6.45, 7) is 12.2. The van der Waals surface area contributed by atoms with Gasteiger partial charge in [-0.25, -0.2) is 9.97 Å². The molecule has 2 aromatic rings. The normalized spacial score (nSPS) is 19.7. The fourth-order valence-corrected chi connectivity index (χ4v) is 4.49. The lowest BCUT2D eigenvalue weighted by Gasteiger charge is -2.36. The van der Waals surface area contributed by atoms with E-state index in [4.69, 9.17) is 4.98 Å². The Hall–Kier alpha value is -2.70. The van der Waals surface area contributed by atoms with Gasteiger partial charge in [0.25, 0.3) is 0 Å². The molecule has 0 spiro atoms. The second-order valence-electron chi connectivity index (χ2n) is 8.19. The highest BCUT2D eigenvalue weighted by Crippen LogP contribution is 2.33. The summed E-state index contributed by atoms with van der Waals surface area (Å²) in [5, 5.41) is 0. The summed E-state index contributed by atoms with van der Waals surface area (Å²) in [6, 6.07) is 6.45. The Morgan fingerprint density at radius 1 is 0.862 bits per heavy atom. The first-order chi connectivity index (χ1) is 13.9. The highest BCUT2D eigenvalue weighted by atomic mass is 16.2. The van der Waals surface area contributed by atoms with Gasteiger partial charge in [-0.2, -0.15) is 0 Å². The van der Waals surface area contributed by atoms with E-state index < -0.39 is 0 Å². The van der Waals surface area contributed by atoms with Gasteiger partial charge in [0.1, 0.15) is 0 Å². The van der Waals surface area contributed by atoms with Crippen LogP contribution in [0.4, 0.5) is 11.6 Å². The molecule has 0 aromatic carbocycles. The van der Waals surface area contributed by atoms with E-state index in [0.717, 1.165) is 74.3 Å². The molecule has 2 saturated heterocycles. The van der Waals surface area contributed by atoms with Gasteiger partial charge in [-0.1, -0.05) is 0 Å². The summed E-state index contributed by atoms with van der Waals surface area (Å²) >= 11 is 0. The van der Waals surface area contributed by atoms with Crippen LogP contribution in [-0.4, -0.2) is 58.5 Å². The second-order valence-corrected chi connectivity index (χ2v) is 8.19. The Labute approximate surface area is 172 Å². The SMILES string of the molecule is CC(=O)N1CCCC1c1cc(N2CCN(c3nc(C)cc(C)n3)CC2)cc(C)n1. The van der Waals surface area contributed by atoms with Crippen LogP contribution >= 0.6 is 0 Å². The number of carbonyl (C=O) groups is 1. The van der Waals surface area contributed by atoms with Gasteiger partial charge in [0, 0.05) is 62.4 Å². The van der Waals surface area contributed by atoms with Crippen LogP contribution in [0.3, 0.4) is 0 Å². The number of rotatable bonds is 3. The number of aryl methyl sites for hydroxylation is 3. The standard InChI is InChI=1S/C22H30N6O/c1-15-12-16(2)25-22(24-15)27-10-8-26(9-11-27)19-13-17(3)23-20(14-19)21-6-5-7-28(21)18(4)29/h12-14,21H,5-11H2,1-4H3. The highest BCUT2D eigenvalue weighted by Gasteiger charge is 2.30. The number of likely N-dealkylation sites (tertiary alicyclic amines) is 1. The minimum Gasteiger partial charge on any atom is -0.368 e. The quantitative estimate of drug-likeness (QED) is 0.798. The molecule has 0 N–H and O–H groups in total. The Morgan fingerprint density at radius 2 is 1.48 bits per heavy atom. The molecule has 29 heavy (non-hydrogen) atoms. The summed E-state index contributed by atoms with van der Waals surface area (Å²) in [4.78, 5) is 32.6. The molecule has 2 aliphatic rings. The van der Waals surface area contributed by atoms with Crippen molar-refractivity contribution in [2.24, 2.45) is 0 Å². The van der Waals surface area contributed by atoms with Crippen LogP contribution in [0.2, 0.25) is 0 Å². The van der Waals surface area contributed by atoms with Gasteiger partial charge in [-0.3, -0.25) is 9.78 Å². The monoisotopic (exact) mass is 394 g/mol. The number of piperazine rings is 1. The topological polar surface area (TPSA) is 65.5 Å². The first-order valence-electron chi connectivity index (χ1n) is 10.5. The smallest absolute Gasteiger partial charge is 0.225 e. The van der Waals surface area contributed by atoms with Crippen molar-refractivity contribution in [3.05, 3.63) is 41.0 Å². The lowest BCUT2D eigenvalue weighted by atomic mass is 10.1. The maximum absolute atomic E-state index is 12.0. The number of anilines is 2. The van der Waals surface area contributed by atoms with Crippen molar-refractivity contribution >= 4 is 17.5 Å². The van der Waals surface area contributed by atoms with Crippen molar-refractivity contribution in [3.8, 4) is 0 Å². The molecule has 154 valence electrons. The molecule has 0 aliphatic carbocycles. The number of hydrogen-bond acceptors (Lipinski definition) is 6. The fraction of sp³-hybridized carbons (Fsp3) is 0.545. The lowest BCUT2D eigenvalue weighted by Crippen LogP contribution is -2.47. The van der Waals surface area contributed by atoms with Crippen molar-refractivity contribution < 1.29 is 4.79 Å². The molecule has 0 radical (unpaired) electrons. The van der Waals surface area contributed by atoms with E-state index in [1.54, 1.807) is 6.92 Å². The molecule has 7 nitrogen and oxygen atoms in total. The van der Waals surface area contributed by atoms with Gasteiger partial charge in [0.15, 0.2) is 0 Å². The van der Waals surface area contributed by atoms with Crippen molar-refractivity contribution in [3.63, 3.8) is 0 Å². The third-order valence-electron chi connectivity index (χ3n) is 5.85. The molecule has 1 amide bonds. The largest absolute Gasteiger partial charge is 0.368 e. The molecular weight excluding hydrogens is 364 g/mol. The van der Waals surface area contributed by atoms with E-state index in [9.17, 15) is 4.79 Å². The number of carbonyl (C=O) groups excluding carboxylic acids is 1. The zero-order valence-corrected chi connectivity index (χ0v) is 17.9. The summed E-state index contributed by atoms with van der Waals surface area (Å²) in [6.07, 6.45) is 2.04. The van der Waals surface area contributed by atoms with Crippen molar-refractivity contribution in [1.29, 1.82) is 0 Å². The Balaban J connectivity index is 1.50. The zero-order valence-electron chi connectivity index (χ0n) is 17.9. The molecule has 2 aliphatic heterocycles. The maximum atomic E-state index is 12.0. The van der Waals surface area contributed by atoms with Gasteiger partial charge >= 0.3 is 0 Å². The molecule has 0 bridgehead atoms. The zero-order chi connectivity index (χ0) is 20.5. The minimum atomic E-state index is 0.108. The highest BCUT2D eigenvalue weighted by molar-refractivity contribution is 5.74. The summed E-state index contributed by atoms with van der Waals surface area (Å²) in [5.74, 6) is 0.969. The number of hydrogen-bond donors (Lipinski definition) is 0. The summed E-state index contributed by atoms with van der Waals surface area (Å²) in [7, 11) is 0. The van der Waals surface area contributed by atoms with E-state index in [1.165, 1.54) is 5.69 Å². The first kappa shape index (κ1) is 19.6.